The van der Waals surface area contributed by atoms with E-state index in [-0.39, 0.29) is 12.2 Å². The second-order valence-electron chi connectivity index (χ2n) is 4.82. The molecule has 0 aromatic heterocycles. The van der Waals surface area contributed by atoms with Crippen molar-refractivity contribution in [1.29, 1.82) is 0 Å². The molecule has 3 atom stereocenters. The van der Waals surface area contributed by atoms with E-state index >= 15 is 0 Å². The van der Waals surface area contributed by atoms with Gasteiger partial charge in [0.25, 0.3) is 0 Å². The molecular weight excluding hydrogens is 220 g/mol. The van der Waals surface area contributed by atoms with Crippen LogP contribution < -0.4 is 5.32 Å². The second kappa shape index (κ2) is 6.93. The van der Waals surface area contributed by atoms with E-state index in [0.717, 1.165) is 26.1 Å². The molecule has 1 saturated heterocycles. The standard InChI is InChI=1S/C12H24N2O3/c1-4-5-13-11(12(15)16)8-14-6-9(2)17-10(3)7-14/h9-11,13H,4-8H2,1-3H3,(H,15,16). The van der Waals surface area contributed by atoms with Gasteiger partial charge in [0, 0.05) is 19.6 Å². The van der Waals surface area contributed by atoms with Gasteiger partial charge in [0.1, 0.15) is 6.04 Å². The van der Waals surface area contributed by atoms with Crippen LogP contribution in [0.5, 0.6) is 0 Å². The fourth-order valence-corrected chi connectivity index (χ4v) is 2.24. The molecule has 1 heterocycles. The molecule has 0 spiro atoms. The highest BCUT2D eigenvalue weighted by Crippen LogP contribution is 2.10. The molecule has 1 fully saturated rings. The molecule has 0 aliphatic carbocycles. The zero-order valence-corrected chi connectivity index (χ0v) is 11.0. The summed E-state index contributed by atoms with van der Waals surface area (Å²) in [6, 6.07) is -0.479. The first-order valence-corrected chi connectivity index (χ1v) is 6.37. The lowest BCUT2D eigenvalue weighted by Gasteiger charge is -2.36. The van der Waals surface area contributed by atoms with Gasteiger partial charge in [0.2, 0.25) is 0 Å². The van der Waals surface area contributed by atoms with E-state index in [1.807, 2.05) is 20.8 Å². The van der Waals surface area contributed by atoms with Crippen LogP contribution in [0, 0.1) is 0 Å². The molecule has 1 aliphatic heterocycles. The van der Waals surface area contributed by atoms with E-state index in [0.29, 0.717) is 6.54 Å². The molecule has 0 aromatic carbocycles. The maximum absolute atomic E-state index is 11.1. The third-order valence-electron chi connectivity index (χ3n) is 2.87. The Morgan fingerprint density at radius 2 is 2.06 bits per heavy atom. The molecule has 0 amide bonds. The van der Waals surface area contributed by atoms with Crippen LogP contribution in [0.2, 0.25) is 0 Å². The monoisotopic (exact) mass is 244 g/mol. The smallest absolute Gasteiger partial charge is 0.322 e. The summed E-state index contributed by atoms with van der Waals surface area (Å²) in [5.41, 5.74) is 0. The van der Waals surface area contributed by atoms with Gasteiger partial charge in [-0.3, -0.25) is 9.69 Å². The molecule has 0 aromatic rings. The van der Waals surface area contributed by atoms with Crippen molar-refractivity contribution in [3.63, 3.8) is 0 Å². The Morgan fingerprint density at radius 3 is 2.53 bits per heavy atom. The van der Waals surface area contributed by atoms with E-state index in [4.69, 9.17) is 9.84 Å². The van der Waals surface area contributed by atoms with Gasteiger partial charge in [-0.05, 0) is 26.8 Å². The molecule has 0 saturated carbocycles. The number of rotatable bonds is 6. The fourth-order valence-electron chi connectivity index (χ4n) is 2.24. The van der Waals surface area contributed by atoms with Crippen molar-refractivity contribution in [3.05, 3.63) is 0 Å². The highest BCUT2D eigenvalue weighted by Gasteiger charge is 2.26. The summed E-state index contributed by atoms with van der Waals surface area (Å²) in [6.07, 6.45) is 1.30. The van der Waals surface area contributed by atoms with E-state index in [9.17, 15) is 4.79 Å². The highest BCUT2D eigenvalue weighted by atomic mass is 16.5. The lowest BCUT2D eigenvalue weighted by Crippen LogP contribution is -2.52. The predicted molar refractivity (Wildman–Crippen MR) is 66.2 cm³/mol. The Labute approximate surface area is 103 Å². The number of hydrogen-bond acceptors (Lipinski definition) is 4. The number of morpholine rings is 1. The molecular formula is C12H24N2O3. The number of aliphatic carboxylic acids is 1. The van der Waals surface area contributed by atoms with Gasteiger partial charge in [-0.15, -0.1) is 0 Å². The first-order valence-electron chi connectivity index (χ1n) is 6.37. The van der Waals surface area contributed by atoms with Crippen molar-refractivity contribution in [2.45, 2.75) is 45.4 Å². The average Bonchev–Trinajstić information content (AvgIpc) is 2.22. The lowest BCUT2D eigenvalue weighted by atomic mass is 10.2. The Morgan fingerprint density at radius 1 is 1.47 bits per heavy atom. The zero-order chi connectivity index (χ0) is 12.8. The average molecular weight is 244 g/mol. The van der Waals surface area contributed by atoms with E-state index in [1.54, 1.807) is 0 Å². The van der Waals surface area contributed by atoms with E-state index in [2.05, 4.69) is 10.2 Å². The van der Waals surface area contributed by atoms with Gasteiger partial charge in [-0.25, -0.2) is 0 Å². The lowest BCUT2D eigenvalue weighted by molar-refractivity contribution is -0.141. The predicted octanol–water partition coefficient (Wildman–Crippen LogP) is 0.548. The minimum Gasteiger partial charge on any atom is -0.480 e. The number of hydrogen-bond donors (Lipinski definition) is 2. The van der Waals surface area contributed by atoms with Crippen molar-refractivity contribution < 1.29 is 14.6 Å². The summed E-state index contributed by atoms with van der Waals surface area (Å²) in [7, 11) is 0. The van der Waals surface area contributed by atoms with Crippen molar-refractivity contribution >= 4 is 5.97 Å². The summed E-state index contributed by atoms with van der Waals surface area (Å²) in [6.45, 7) is 8.99. The van der Waals surface area contributed by atoms with Gasteiger partial charge < -0.3 is 15.2 Å². The van der Waals surface area contributed by atoms with E-state index < -0.39 is 12.0 Å². The van der Waals surface area contributed by atoms with Gasteiger partial charge in [-0.1, -0.05) is 6.92 Å². The number of nitrogens with one attached hydrogen (secondary N) is 1. The van der Waals surface area contributed by atoms with Crippen LogP contribution in [-0.2, 0) is 9.53 Å². The Kier molecular flexibility index (Phi) is 5.88. The Bertz CT molecular complexity index is 238. The molecule has 2 N–H and O–H groups in total. The van der Waals surface area contributed by atoms with Crippen LogP contribution in [0.15, 0.2) is 0 Å². The third-order valence-corrected chi connectivity index (χ3v) is 2.87. The number of carboxylic acids is 1. The van der Waals surface area contributed by atoms with Crippen LogP contribution in [-0.4, -0.2) is 60.4 Å². The largest absolute Gasteiger partial charge is 0.480 e. The maximum Gasteiger partial charge on any atom is 0.322 e. The SMILES string of the molecule is CCCNC(CN1CC(C)OC(C)C1)C(=O)O. The topological polar surface area (TPSA) is 61.8 Å². The zero-order valence-electron chi connectivity index (χ0n) is 11.0. The summed E-state index contributed by atoms with van der Waals surface area (Å²) in [5, 5.41) is 12.2. The van der Waals surface area contributed by atoms with E-state index in [1.165, 1.54) is 0 Å². The Hall–Kier alpha value is -0.650. The first kappa shape index (κ1) is 14.4. The number of ether oxygens (including phenoxy) is 1. The summed E-state index contributed by atoms with van der Waals surface area (Å²) < 4.78 is 5.63. The van der Waals surface area contributed by atoms with Crippen molar-refractivity contribution in [1.82, 2.24) is 10.2 Å². The minimum absolute atomic E-state index is 0.180. The molecule has 3 unspecified atom stereocenters. The van der Waals surface area contributed by atoms with Crippen LogP contribution in [0.3, 0.4) is 0 Å². The molecule has 1 rings (SSSR count). The summed E-state index contributed by atoms with van der Waals surface area (Å²) in [4.78, 5) is 13.3. The molecule has 1 aliphatic rings. The molecule has 0 radical (unpaired) electrons. The molecule has 5 nitrogen and oxygen atoms in total. The van der Waals surface area contributed by atoms with Crippen molar-refractivity contribution in [3.8, 4) is 0 Å². The molecule has 17 heavy (non-hydrogen) atoms. The fraction of sp³-hybridized carbons (Fsp3) is 0.917. The molecule has 100 valence electrons. The second-order valence-corrected chi connectivity index (χ2v) is 4.82. The minimum atomic E-state index is -0.773. The van der Waals surface area contributed by atoms with Gasteiger partial charge >= 0.3 is 5.97 Å². The van der Waals surface area contributed by atoms with Crippen molar-refractivity contribution in [2.24, 2.45) is 0 Å². The van der Waals surface area contributed by atoms with Gasteiger partial charge in [-0.2, -0.15) is 0 Å². The summed E-state index contributed by atoms with van der Waals surface area (Å²) >= 11 is 0. The molecule has 0 bridgehead atoms. The molecule has 5 heteroatoms. The third kappa shape index (κ3) is 5.02. The number of carboxylic acid groups (broad SMARTS) is 1. The van der Waals surface area contributed by atoms with Crippen LogP contribution in [0.1, 0.15) is 27.2 Å². The Balaban J connectivity index is 2.45. The highest BCUT2D eigenvalue weighted by molar-refractivity contribution is 5.73. The quantitative estimate of drug-likeness (QED) is 0.714. The van der Waals surface area contributed by atoms with Crippen LogP contribution in [0.4, 0.5) is 0 Å². The van der Waals surface area contributed by atoms with Crippen LogP contribution in [0.25, 0.3) is 0 Å². The first-order chi connectivity index (χ1) is 8.02. The van der Waals surface area contributed by atoms with Crippen LogP contribution >= 0.6 is 0 Å². The maximum atomic E-state index is 11.1. The number of carbonyl (C=O) groups is 1. The number of nitrogens with zero attached hydrogens (tertiary/aromatic N) is 1. The van der Waals surface area contributed by atoms with Crippen molar-refractivity contribution in [2.75, 3.05) is 26.2 Å². The summed E-state index contributed by atoms with van der Waals surface area (Å²) in [5.74, 6) is -0.773. The van der Waals surface area contributed by atoms with Gasteiger partial charge in [0.15, 0.2) is 0 Å². The normalized spacial score (nSPS) is 27.9. The van der Waals surface area contributed by atoms with Gasteiger partial charge in [0.05, 0.1) is 12.2 Å².